The Bertz CT molecular complexity index is 912. The Balaban J connectivity index is 1.79. The van der Waals surface area contributed by atoms with Crippen molar-refractivity contribution < 1.29 is 18.0 Å². The number of anilines is 1. The third kappa shape index (κ3) is 5.20. The van der Waals surface area contributed by atoms with E-state index >= 15 is 0 Å². The van der Waals surface area contributed by atoms with Crippen molar-refractivity contribution >= 4 is 11.6 Å². The van der Waals surface area contributed by atoms with Gasteiger partial charge >= 0.3 is 6.18 Å². The van der Waals surface area contributed by atoms with Crippen LogP contribution in [0.5, 0.6) is 0 Å². The Morgan fingerprint density at radius 3 is 2.14 bits per heavy atom. The smallest absolute Gasteiger partial charge is 0.324 e. The normalized spacial score (nSPS) is 12.4. The van der Waals surface area contributed by atoms with Crippen molar-refractivity contribution in [3.63, 3.8) is 0 Å². The summed E-state index contributed by atoms with van der Waals surface area (Å²) in [4.78, 5) is 12.8. The largest absolute Gasteiger partial charge is 0.416 e. The Morgan fingerprint density at radius 1 is 0.857 bits per heavy atom. The summed E-state index contributed by atoms with van der Waals surface area (Å²) in [5.74, 6) is -0.429. The number of alkyl halides is 3. The van der Waals surface area contributed by atoms with Crippen molar-refractivity contribution in [2.75, 3.05) is 5.32 Å². The fourth-order valence-electron chi connectivity index (χ4n) is 2.81. The Labute approximate surface area is 161 Å². The van der Waals surface area contributed by atoms with Gasteiger partial charge < -0.3 is 5.32 Å². The van der Waals surface area contributed by atoms with E-state index in [0.717, 1.165) is 23.3 Å². The molecule has 0 saturated heterocycles. The maximum Gasteiger partial charge on any atom is 0.416 e. The molecule has 0 aliphatic carbocycles. The van der Waals surface area contributed by atoms with Gasteiger partial charge in [0.1, 0.15) is 6.04 Å². The third-order valence-electron chi connectivity index (χ3n) is 4.21. The van der Waals surface area contributed by atoms with Crippen molar-refractivity contribution in [3.05, 3.63) is 102 Å². The van der Waals surface area contributed by atoms with Gasteiger partial charge in [-0.05, 0) is 29.3 Å². The fraction of sp³-hybridized carbons (Fsp3) is 0.136. The summed E-state index contributed by atoms with van der Waals surface area (Å²) in [6, 6.07) is 22.5. The summed E-state index contributed by atoms with van der Waals surface area (Å²) >= 11 is 0. The molecule has 3 aromatic carbocycles. The second kappa shape index (κ2) is 8.71. The molecule has 0 bridgehead atoms. The zero-order valence-electron chi connectivity index (χ0n) is 14.9. The average Bonchev–Trinajstić information content (AvgIpc) is 2.69. The second-order valence-electron chi connectivity index (χ2n) is 6.28. The van der Waals surface area contributed by atoms with Gasteiger partial charge in [0.15, 0.2) is 0 Å². The topological polar surface area (TPSA) is 41.1 Å². The molecule has 6 heteroatoms. The van der Waals surface area contributed by atoms with Gasteiger partial charge in [0.05, 0.1) is 5.56 Å². The van der Waals surface area contributed by atoms with Crippen LogP contribution in [-0.2, 0) is 17.5 Å². The predicted octanol–water partition coefficient (Wildman–Crippen LogP) is 5.18. The van der Waals surface area contributed by atoms with Crippen LogP contribution in [0.3, 0.4) is 0 Å². The molecule has 3 nitrogen and oxygen atoms in total. The molecule has 0 aromatic heterocycles. The summed E-state index contributed by atoms with van der Waals surface area (Å²) in [5.41, 5.74) is 1.01. The first-order chi connectivity index (χ1) is 13.4. The van der Waals surface area contributed by atoms with E-state index in [2.05, 4.69) is 10.6 Å². The first-order valence-electron chi connectivity index (χ1n) is 8.74. The molecule has 3 aromatic rings. The molecule has 0 unspecified atom stereocenters. The number of halogens is 3. The number of carbonyl (C=O) groups is 1. The van der Waals surface area contributed by atoms with Crippen LogP contribution in [0.25, 0.3) is 0 Å². The van der Waals surface area contributed by atoms with Crippen molar-refractivity contribution in [1.82, 2.24) is 5.32 Å². The standard InChI is InChI=1S/C22H19F3N2O/c23-22(24,25)18-12-7-13-19(14-18)27-21(28)20(17-10-5-2-6-11-17)26-15-16-8-3-1-4-9-16/h1-14,20,26H,15H2,(H,27,28)/t20-/m1/s1. The Hall–Kier alpha value is -3.12. The molecule has 3 rings (SSSR count). The first-order valence-corrected chi connectivity index (χ1v) is 8.74. The van der Waals surface area contributed by atoms with Gasteiger partial charge in [-0.2, -0.15) is 13.2 Å². The summed E-state index contributed by atoms with van der Waals surface area (Å²) in [7, 11) is 0. The summed E-state index contributed by atoms with van der Waals surface area (Å²) in [5, 5.41) is 5.77. The van der Waals surface area contributed by atoms with E-state index in [9.17, 15) is 18.0 Å². The summed E-state index contributed by atoms with van der Waals surface area (Å²) in [6.45, 7) is 0.441. The molecule has 144 valence electrons. The van der Waals surface area contributed by atoms with Gasteiger partial charge in [0.2, 0.25) is 5.91 Å². The van der Waals surface area contributed by atoms with Gasteiger partial charge in [-0.1, -0.05) is 66.7 Å². The van der Waals surface area contributed by atoms with Crippen LogP contribution in [0.15, 0.2) is 84.9 Å². The first kappa shape index (κ1) is 19.6. The Morgan fingerprint density at radius 2 is 1.50 bits per heavy atom. The quantitative estimate of drug-likeness (QED) is 0.615. The highest BCUT2D eigenvalue weighted by Gasteiger charge is 2.30. The SMILES string of the molecule is O=C(Nc1cccc(C(F)(F)F)c1)[C@H](NCc1ccccc1)c1ccccc1. The molecule has 0 heterocycles. The van der Waals surface area contributed by atoms with E-state index in [4.69, 9.17) is 0 Å². The van der Waals surface area contributed by atoms with Crippen LogP contribution in [-0.4, -0.2) is 5.91 Å². The van der Waals surface area contributed by atoms with Gasteiger partial charge in [0.25, 0.3) is 0 Å². The molecule has 28 heavy (non-hydrogen) atoms. The zero-order valence-corrected chi connectivity index (χ0v) is 14.9. The lowest BCUT2D eigenvalue weighted by molar-refractivity contribution is -0.137. The van der Waals surface area contributed by atoms with Crippen molar-refractivity contribution in [3.8, 4) is 0 Å². The highest BCUT2D eigenvalue weighted by Crippen LogP contribution is 2.31. The monoisotopic (exact) mass is 384 g/mol. The lowest BCUT2D eigenvalue weighted by Gasteiger charge is -2.19. The van der Waals surface area contributed by atoms with E-state index in [1.165, 1.54) is 12.1 Å². The minimum absolute atomic E-state index is 0.0993. The van der Waals surface area contributed by atoms with Crippen LogP contribution < -0.4 is 10.6 Å². The predicted molar refractivity (Wildman–Crippen MR) is 103 cm³/mol. The van der Waals surface area contributed by atoms with E-state index in [0.29, 0.717) is 6.54 Å². The maximum atomic E-state index is 12.9. The van der Waals surface area contributed by atoms with E-state index in [-0.39, 0.29) is 5.69 Å². The van der Waals surface area contributed by atoms with Crippen LogP contribution in [0.1, 0.15) is 22.7 Å². The summed E-state index contributed by atoms with van der Waals surface area (Å²) < 4.78 is 38.7. The number of amides is 1. The van der Waals surface area contributed by atoms with Crippen LogP contribution in [0.4, 0.5) is 18.9 Å². The Kier molecular flexibility index (Phi) is 6.11. The van der Waals surface area contributed by atoms with Gasteiger partial charge in [-0.3, -0.25) is 10.1 Å². The molecule has 1 amide bonds. The number of hydrogen-bond donors (Lipinski definition) is 2. The van der Waals surface area contributed by atoms with E-state index in [1.54, 1.807) is 12.1 Å². The minimum Gasteiger partial charge on any atom is -0.324 e. The zero-order chi connectivity index (χ0) is 20.0. The van der Waals surface area contributed by atoms with Crippen molar-refractivity contribution in [2.45, 2.75) is 18.8 Å². The number of carbonyl (C=O) groups excluding carboxylic acids is 1. The summed E-state index contributed by atoms with van der Waals surface area (Å²) in [6.07, 6.45) is -4.47. The van der Waals surface area contributed by atoms with E-state index in [1.807, 2.05) is 48.5 Å². The van der Waals surface area contributed by atoms with Crippen LogP contribution in [0, 0.1) is 0 Å². The van der Waals surface area contributed by atoms with Gasteiger partial charge in [0, 0.05) is 12.2 Å². The second-order valence-corrected chi connectivity index (χ2v) is 6.28. The van der Waals surface area contributed by atoms with Crippen LogP contribution in [0.2, 0.25) is 0 Å². The molecule has 0 aliphatic rings. The number of rotatable bonds is 6. The molecule has 0 fully saturated rings. The molecule has 0 saturated carbocycles. The maximum absolute atomic E-state index is 12.9. The van der Waals surface area contributed by atoms with Gasteiger partial charge in [-0.15, -0.1) is 0 Å². The molecular weight excluding hydrogens is 365 g/mol. The lowest BCUT2D eigenvalue weighted by atomic mass is 10.1. The van der Waals surface area contributed by atoms with E-state index < -0.39 is 23.7 Å². The number of hydrogen-bond acceptors (Lipinski definition) is 2. The number of benzene rings is 3. The lowest BCUT2D eigenvalue weighted by Crippen LogP contribution is -2.32. The molecule has 2 N–H and O–H groups in total. The fourth-order valence-corrected chi connectivity index (χ4v) is 2.81. The average molecular weight is 384 g/mol. The highest BCUT2D eigenvalue weighted by atomic mass is 19.4. The van der Waals surface area contributed by atoms with Crippen molar-refractivity contribution in [1.29, 1.82) is 0 Å². The molecule has 0 radical (unpaired) electrons. The van der Waals surface area contributed by atoms with Crippen LogP contribution >= 0.6 is 0 Å². The molecule has 0 spiro atoms. The molecule has 0 aliphatic heterocycles. The highest BCUT2D eigenvalue weighted by molar-refractivity contribution is 5.95. The minimum atomic E-state index is -4.47. The molecule has 1 atom stereocenters. The van der Waals surface area contributed by atoms with Crippen molar-refractivity contribution in [2.24, 2.45) is 0 Å². The third-order valence-corrected chi connectivity index (χ3v) is 4.21. The number of nitrogens with one attached hydrogen (secondary N) is 2. The van der Waals surface area contributed by atoms with Gasteiger partial charge in [-0.25, -0.2) is 0 Å². The molecular formula is C22H19F3N2O.